The number of carbonyl (C=O) groups excluding carboxylic acids is 2. The van der Waals surface area contributed by atoms with E-state index in [2.05, 4.69) is 15.3 Å². The van der Waals surface area contributed by atoms with E-state index in [0.717, 1.165) is 19.6 Å². The number of hydrogen-bond acceptors (Lipinski definition) is 5. The average molecular weight is 516 g/mol. The Kier molecular flexibility index (Phi) is 6.88. The van der Waals surface area contributed by atoms with Crippen LogP contribution in [0.5, 0.6) is 5.75 Å². The van der Waals surface area contributed by atoms with Crippen molar-refractivity contribution in [2.75, 3.05) is 39.5 Å². The van der Waals surface area contributed by atoms with Gasteiger partial charge in [-0.3, -0.25) is 14.5 Å². The molecule has 2 aliphatic heterocycles. The number of rotatable bonds is 7. The van der Waals surface area contributed by atoms with Gasteiger partial charge in [-0.15, -0.1) is 0 Å². The summed E-state index contributed by atoms with van der Waals surface area (Å²) in [6.45, 7) is 3.21. The molecule has 0 atom stereocenters. The second-order valence-corrected chi connectivity index (χ2v) is 9.17. The summed E-state index contributed by atoms with van der Waals surface area (Å²) in [7, 11) is 0. The molecule has 0 saturated carbocycles. The summed E-state index contributed by atoms with van der Waals surface area (Å²) in [4.78, 5) is 28.2. The van der Waals surface area contributed by atoms with E-state index in [1.54, 1.807) is 6.07 Å². The molecular formula is C25H24ClF2N5O3. The maximum Gasteiger partial charge on any atom is 0.276 e. The number of carbonyl (C=O) groups is 2. The number of nitrogens with one attached hydrogen (secondary N) is 1. The van der Waals surface area contributed by atoms with E-state index in [9.17, 15) is 18.4 Å². The van der Waals surface area contributed by atoms with E-state index in [0.29, 0.717) is 29.3 Å². The fraction of sp³-hybridized carbons (Fsp3) is 0.320. The van der Waals surface area contributed by atoms with Crippen molar-refractivity contribution in [1.29, 1.82) is 0 Å². The van der Waals surface area contributed by atoms with E-state index >= 15 is 0 Å². The molecule has 2 saturated heterocycles. The number of amides is 2. The summed E-state index contributed by atoms with van der Waals surface area (Å²) in [5.41, 5.74) is 1.21. The van der Waals surface area contributed by atoms with Gasteiger partial charge < -0.3 is 15.0 Å². The second-order valence-electron chi connectivity index (χ2n) is 8.76. The molecular weight excluding hydrogens is 492 g/mol. The van der Waals surface area contributed by atoms with Gasteiger partial charge in [-0.05, 0) is 62.3 Å². The van der Waals surface area contributed by atoms with E-state index in [1.807, 2.05) is 0 Å². The summed E-state index contributed by atoms with van der Waals surface area (Å²) >= 11 is 5.99. The van der Waals surface area contributed by atoms with Crippen LogP contribution in [0.1, 0.15) is 23.3 Å². The molecule has 1 aromatic heterocycles. The molecule has 2 aromatic carbocycles. The Labute approximate surface area is 211 Å². The first-order valence-electron chi connectivity index (χ1n) is 11.6. The SMILES string of the molecule is O=C1CN(C(=O)c2cc(-c3cc(F)cc(OCCN4CCCC4)c3)n(-c3ccc(F)c(Cl)c3)n2)CN1. The molecule has 2 amide bonds. The zero-order valence-corrected chi connectivity index (χ0v) is 20.1. The quantitative estimate of drug-likeness (QED) is 0.521. The van der Waals surface area contributed by atoms with Crippen LogP contribution in [-0.2, 0) is 4.79 Å². The van der Waals surface area contributed by atoms with Crippen LogP contribution in [0.2, 0.25) is 5.02 Å². The van der Waals surface area contributed by atoms with Crippen molar-refractivity contribution in [3.8, 4) is 22.7 Å². The summed E-state index contributed by atoms with van der Waals surface area (Å²) in [5, 5.41) is 6.86. The smallest absolute Gasteiger partial charge is 0.276 e. The molecule has 188 valence electrons. The van der Waals surface area contributed by atoms with Gasteiger partial charge in [0.1, 0.15) is 30.5 Å². The fourth-order valence-electron chi connectivity index (χ4n) is 4.37. The Morgan fingerprint density at radius 2 is 1.92 bits per heavy atom. The topological polar surface area (TPSA) is 79.7 Å². The maximum absolute atomic E-state index is 14.6. The average Bonchev–Trinajstić information content (AvgIpc) is 3.61. The van der Waals surface area contributed by atoms with E-state index < -0.39 is 17.5 Å². The Bertz CT molecular complexity index is 1310. The molecule has 5 rings (SSSR count). The number of likely N-dealkylation sites (tertiary alicyclic amines) is 1. The third kappa shape index (κ3) is 5.19. The molecule has 36 heavy (non-hydrogen) atoms. The van der Waals surface area contributed by atoms with Gasteiger partial charge in [-0.1, -0.05) is 11.6 Å². The van der Waals surface area contributed by atoms with Crippen LogP contribution in [-0.4, -0.2) is 70.8 Å². The van der Waals surface area contributed by atoms with Gasteiger partial charge in [0.25, 0.3) is 5.91 Å². The number of nitrogens with zero attached hydrogens (tertiary/aromatic N) is 4. The third-order valence-electron chi connectivity index (χ3n) is 6.21. The van der Waals surface area contributed by atoms with Gasteiger partial charge in [0, 0.05) is 18.2 Å². The van der Waals surface area contributed by atoms with Gasteiger partial charge in [-0.25, -0.2) is 13.5 Å². The van der Waals surface area contributed by atoms with Crippen LogP contribution in [0, 0.1) is 11.6 Å². The van der Waals surface area contributed by atoms with Crippen LogP contribution in [0.25, 0.3) is 16.9 Å². The Balaban J connectivity index is 1.49. The Hall–Kier alpha value is -3.50. The van der Waals surface area contributed by atoms with Gasteiger partial charge in [-0.2, -0.15) is 5.10 Å². The van der Waals surface area contributed by atoms with Crippen molar-refractivity contribution in [3.63, 3.8) is 0 Å². The van der Waals surface area contributed by atoms with Crippen LogP contribution in [0.3, 0.4) is 0 Å². The number of halogens is 3. The van der Waals surface area contributed by atoms with E-state index in [4.69, 9.17) is 16.3 Å². The molecule has 8 nitrogen and oxygen atoms in total. The zero-order chi connectivity index (χ0) is 25.2. The fourth-order valence-corrected chi connectivity index (χ4v) is 4.55. The lowest BCUT2D eigenvalue weighted by atomic mass is 10.1. The molecule has 0 aliphatic carbocycles. The van der Waals surface area contributed by atoms with Crippen LogP contribution >= 0.6 is 11.6 Å². The highest BCUT2D eigenvalue weighted by atomic mass is 35.5. The van der Waals surface area contributed by atoms with Crippen molar-refractivity contribution in [3.05, 3.63) is 64.8 Å². The molecule has 0 radical (unpaired) electrons. The van der Waals surface area contributed by atoms with E-state index in [-0.39, 0.29) is 29.8 Å². The Morgan fingerprint density at radius 1 is 1.11 bits per heavy atom. The monoisotopic (exact) mass is 515 g/mol. The number of ether oxygens (including phenoxy) is 1. The summed E-state index contributed by atoms with van der Waals surface area (Å²) in [6.07, 6.45) is 2.34. The first-order chi connectivity index (χ1) is 17.4. The minimum atomic E-state index is -0.605. The van der Waals surface area contributed by atoms with Crippen LogP contribution in [0.15, 0.2) is 42.5 Å². The normalized spacial score (nSPS) is 16.0. The van der Waals surface area contributed by atoms with Gasteiger partial charge in [0.05, 0.1) is 23.1 Å². The molecule has 3 heterocycles. The molecule has 0 unspecified atom stereocenters. The highest BCUT2D eigenvalue weighted by Crippen LogP contribution is 2.30. The largest absolute Gasteiger partial charge is 0.492 e. The molecule has 0 bridgehead atoms. The highest BCUT2D eigenvalue weighted by molar-refractivity contribution is 6.30. The third-order valence-corrected chi connectivity index (χ3v) is 6.50. The van der Waals surface area contributed by atoms with Gasteiger partial charge in [0.2, 0.25) is 5.91 Å². The van der Waals surface area contributed by atoms with Gasteiger partial charge >= 0.3 is 0 Å². The van der Waals surface area contributed by atoms with E-state index in [1.165, 1.54) is 58.8 Å². The molecule has 0 spiro atoms. The minimum Gasteiger partial charge on any atom is -0.492 e. The Morgan fingerprint density at radius 3 is 2.64 bits per heavy atom. The van der Waals surface area contributed by atoms with Crippen molar-refractivity contribution in [2.24, 2.45) is 0 Å². The first kappa shape index (κ1) is 24.2. The summed E-state index contributed by atoms with van der Waals surface area (Å²) in [6, 6.07) is 9.80. The lowest BCUT2D eigenvalue weighted by Crippen LogP contribution is -2.30. The maximum atomic E-state index is 14.6. The number of benzene rings is 2. The van der Waals surface area contributed by atoms with Crippen molar-refractivity contribution >= 4 is 23.4 Å². The lowest BCUT2D eigenvalue weighted by Gasteiger charge is -2.15. The highest BCUT2D eigenvalue weighted by Gasteiger charge is 2.28. The number of aromatic nitrogens is 2. The van der Waals surface area contributed by atoms with Crippen molar-refractivity contribution in [1.82, 2.24) is 24.9 Å². The predicted molar refractivity (Wildman–Crippen MR) is 129 cm³/mol. The molecule has 2 aliphatic rings. The molecule has 3 aromatic rings. The van der Waals surface area contributed by atoms with Crippen molar-refractivity contribution < 1.29 is 23.1 Å². The molecule has 1 N–H and O–H groups in total. The van der Waals surface area contributed by atoms with Crippen molar-refractivity contribution in [2.45, 2.75) is 12.8 Å². The standard InChI is InChI=1S/C25H24ClF2N5O3/c26-20-12-18(3-4-21(20)28)33-23(13-22(30-33)25(35)32-14-24(34)29-15-32)16-9-17(27)11-19(10-16)36-8-7-31-5-1-2-6-31/h3-4,9-13H,1-2,5-8,14-15H2,(H,29,34). The molecule has 2 fully saturated rings. The zero-order valence-electron chi connectivity index (χ0n) is 19.3. The lowest BCUT2D eigenvalue weighted by molar-refractivity contribution is -0.118. The summed E-state index contributed by atoms with van der Waals surface area (Å²) in [5.74, 6) is -1.52. The second kappa shape index (κ2) is 10.2. The van der Waals surface area contributed by atoms with Gasteiger partial charge in [0.15, 0.2) is 5.69 Å². The first-order valence-corrected chi connectivity index (χ1v) is 12.0. The summed E-state index contributed by atoms with van der Waals surface area (Å²) < 4.78 is 35.7. The molecule has 11 heteroatoms. The number of hydrogen-bond donors (Lipinski definition) is 1. The minimum absolute atomic E-state index is 0.0442. The van der Waals surface area contributed by atoms with Crippen LogP contribution < -0.4 is 10.1 Å². The predicted octanol–water partition coefficient (Wildman–Crippen LogP) is 3.48. The van der Waals surface area contributed by atoms with Crippen LogP contribution in [0.4, 0.5) is 8.78 Å².